The first-order valence-electron chi connectivity index (χ1n) is 19.8. The number of nitrogens with zero attached hydrogens (tertiary/aromatic N) is 4. The summed E-state index contributed by atoms with van der Waals surface area (Å²) in [7, 11) is 1.96. The van der Waals surface area contributed by atoms with Gasteiger partial charge in [-0.15, -0.1) is 0 Å². The van der Waals surface area contributed by atoms with Crippen molar-refractivity contribution in [1.82, 2.24) is 24.6 Å². The predicted molar refractivity (Wildman–Crippen MR) is 217 cm³/mol. The summed E-state index contributed by atoms with van der Waals surface area (Å²) in [6, 6.07) is 14.1. The van der Waals surface area contributed by atoms with E-state index in [0.717, 1.165) is 121 Å². The van der Waals surface area contributed by atoms with Crippen LogP contribution in [-0.2, 0) is 35.9 Å². The molecule has 55 heavy (non-hydrogen) atoms. The normalized spacial score (nSPS) is 16.4. The van der Waals surface area contributed by atoms with Gasteiger partial charge in [0.1, 0.15) is 23.4 Å². The van der Waals surface area contributed by atoms with Gasteiger partial charge in [-0.2, -0.15) is 5.10 Å². The van der Waals surface area contributed by atoms with Crippen LogP contribution in [0, 0.1) is 5.82 Å². The fourth-order valence-electron chi connectivity index (χ4n) is 7.99. The maximum absolute atomic E-state index is 13.8. The summed E-state index contributed by atoms with van der Waals surface area (Å²) in [5, 5.41) is 22.0. The van der Waals surface area contributed by atoms with Crippen LogP contribution in [-0.4, -0.2) is 89.5 Å². The molecular weight excluding hydrogens is 721 g/mol. The maximum Gasteiger partial charge on any atom is 0.352 e. The SMILES string of the molecule is CCNCC.CCc1c2c(nn1C)C(CCN1CCOCC1)OCCCCn1c(C(=O)O)c(CCCOc3cccc4cc(F)ccc34)c3ccc(Cl)c-2c31. The zero-order valence-electron chi connectivity index (χ0n) is 32.6. The number of hydrogen-bond acceptors (Lipinski definition) is 7. The molecule has 12 heteroatoms. The van der Waals surface area contributed by atoms with E-state index in [1.807, 2.05) is 46.6 Å². The quantitative estimate of drug-likeness (QED) is 0.122. The van der Waals surface area contributed by atoms with E-state index in [1.165, 1.54) is 12.1 Å². The maximum atomic E-state index is 13.8. The first kappa shape index (κ1) is 40.7. The third-order valence-corrected chi connectivity index (χ3v) is 10.9. The number of aromatic nitrogens is 3. The number of aryl methyl sites for hydroxylation is 3. The summed E-state index contributed by atoms with van der Waals surface area (Å²) < 4.78 is 36.1. The number of carboxylic acid groups (broad SMARTS) is 1. The Bertz CT molecular complexity index is 2070. The van der Waals surface area contributed by atoms with Gasteiger partial charge in [-0.1, -0.05) is 50.6 Å². The van der Waals surface area contributed by atoms with Crippen molar-refractivity contribution in [2.24, 2.45) is 7.05 Å². The number of rotatable bonds is 12. The highest BCUT2D eigenvalue weighted by molar-refractivity contribution is 6.35. The molecule has 1 fully saturated rings. The highest BCUT2D eigenvalue weighted by Gasteiger charge is 2.32. The number of halogens is 2. The van der Waals surface area contributed by atoms with Gasteiger partial charge in [0, 0.05) is 67.4 Å². The minimum absolute atomic E-state index is 0.242. The fraction of sp³-hybridized carbons (Fsp3) is 0.488. The van der Waals surface area contributed by atoms with Crippen molar-refractivity contribution >= 4 is 39.2 Å². The lowest BCUT2D eigenvalue weighted by molar-refractivity contribution is 0.00974. The van der Waals surface area contributed by atoms with Gasteiger partial charge < -0.3 is 29.2 Å². The molecule has 2 aromatic heterocycles. The third-order valence-electron chi connectivity index (χ3n) is 10.6. The molecule has 0 bridgehead atoms. The standard InChI is InChI=1S/C39H44ClFN4O5.C4H11N/c1-3-31-35-34-30(40)14-13-29-28(9-7-21-49-32-10-6-8-25-24-26(41)11-12-27(25)32)38(39(46)47)45(37(29)34)16-4-5-20-50-33(36(35)42-43(31)2)15-17-44-18-22-48-23-19-44;1-3-5-4-2/h6,8,10-14,24,33H,3-5,7,9,15-23H2,1-2H3,(H,46,47);5H,3-4H2,1-2H3. The van der Waals surface area contributed by atoms with Crippen LogP contribution in [0.2, 0.25) is 5.02 Å². The number of morpholine rings is 1. The van der Waals surface area contributed by atoms with Gasteiger partial charge in [0.2, 0.25) is 0 Å². The largest absolute Gasteiger partial charge is 0.493 e. The Kier molecular flexibility index (Phi) is 14.2. The zero-order chi connectivity index (χ0) is 38.9. The van der Waals surface area contributed by atoms with E-state index in [2.05, 4.69) is 31.0 Å². The number of carboxylic acids is 1. The highest BCUT2D eigenvalue weighted by Crippen LogP contribution is 2.45. The number of nitrogens with one attached hydrogen (secondary N) is 1. The number of hydrogen-bond donors (Lipinski definition) is 2. The molecule has 0 saturated carbocycles. The smallest absolute Gasteiger partial charge is 0.352 e. The Hall–Kier alpha value is -4.00. The molecule has 1 saturated heterocycles. The molecule has 10 nitrogen and oxygen atoms in total. The molecule has 3 aromatic carbocycles. The molecule has 0 amide bonds. The summed E-state index contributed by atoms with van der Waals surface area (Å²) in [5.41, 5.74) is 5.54. The Labute approximate surface area is 328 Å². The molecule has 296 valence electrons. The molecule has 1 atom stereocenters. The van der Waals surface area contributed by atoms with E-state index in [0.29, 0.717) is 43.4 Å². The summed E-state index contributed by atoms with van der Waals surface area (Å²) in [6.07, 6.45) is 3.88. The highest BCUT2D eigenvalue weighted by atomic mass is 35.5. The van der Waals surface area contributed by atoms with Gasteiger partial charge in [-0.25, -0.2) is 9.18 Å². The second-order valence-corrected chi connectivity index (χ2v) is 14.5. The second kappa shape index (κ2) is 19.2. The number of benzene rings is 3. The van der Waals surface area contributed by atoms with E-state index < -0.39 is 5.97 Å². The van der Waals surface area contributed by atoms with E-state index in [1.54, 1.807) is 6.07 Å². The minimum atomic E-state index is -0.966. The average Bonchev–Trinajstić information content (AvgIpc) is 3.67. The van der Waals surface area contributed by atoms with Crippen molar-refractivity contribution in [3.63, 3.8) is 0 Å². The number of fused-ring (bicyclic) bond motifs is 3. The molecule has 1 unspecified atom stereocenters. The van der Waals surface area contributed by atoms with E-state index in [9.17, 15) is 14.3 Å². The van der Waals surface area contributed by atoms with Crippen LogP contribution in [0.1, 0.15) is 80.0 Å². The number of carbonyl (C=O) groups is 1. The molecule has 0 radical (unpaired) electrons. The lowest BCUT2D eigenvalue weighted by Crippen LogP contribution is -2.37. The number of ether oxygens (including phenoxy) is 3. The zero-order valence-corrected chi connectivity index (χ0v) is 33.4. The topological polar surface area (TPSA) is 103 Å². The molecule has 2 N–H and O–H groups in total. The van der Waals surface area contributed by atoms with Crippen LogP contribution in [0.15, 0.2) is 48.5 Å². The first-order valence-corrected chi connectivity index (χ1v) is 20.2. The summed E-state index contributed by atoms with van der Waals surface area (Å²) in [4.78, 5) is 15.5. The lowest BCUT2D eigenvalue weighted by Gasteiger charge is -2.28. The summed E-state index contributed by atoms with van der Waals surface area (Å²) in [5.74, 6) is -0.585. The Morgan fingerprint density at radius 2 is 1.80 bits per heavy atom. The van der Waals surface area contributed by atoms with Crippen LogP contribution in [0.3, 0.4) is 0 Å². The van der Waals surface area contributed by atoms with Crippen molar-refractivity contribution in [3.8, 4) is 16.9 Å². The van der Waals surface area contributed by atoms with Crippen molar-refractivity contribution in [2.75, 3.05) is 59.2 Å². The molecular formula is C43H55ClFN5O5. The van der Waals surface area contributed by atoms with Gasteiger partial charge in [-0.05, 0) is 92.9 Å². The average molecular weight is 776 g/mol. The first-order chi connectivity index (χ1) is 26.8. The molecule has 7 rings (SSSR count). The van der Waals surface area contributed by atoms with Crippen LogP contribution < -0.4 is 10.1 Å². The third kappa shape index (κ3) is 9.18. The minimum Gasteiger partial charge on any atom is -0.493 e. The summed E-state index contributed by atoms with van der Waals surface area (Å²) >= 11 is 7.17. The Morgan fingerprint density at radius 1 is 1.02 bits per heavy atom. The van der Waals surface area contributed by atoms with Gasteiger partial charge in [0.15, 0.2) is 0 Å². The predicted octanol–water partition coefficient (Wildman–Crippen LogP) is 8.45. The van der Waals surface area contributed by atoms with Crippen molar-refractivity contribution in [3.05, 3.63) is 82.0 Å². The van der Waals surface area contributed by atoms with Crippen molar-refractivity contribution in [1.29, 1.82) is 0 Å². The van der Waals surface area contributed by atoms with E-state index in [-0.39, 0.29) is 17.6 Å². The van der Waals surface area contributed by atoms with Crippen LogP contribution in [0.25, 0.3) is 32.8 Å². The Morgan fingerprint density at radius 3 is 2.53 bits per heavy atom. The molecule has 2 aliphatic heterocycles. The van der Waals surface area contributed by atoms with Crippen LogP contribution >= 0.6 is 11.6 Å². The molecule has 0 spiro atoms. The van der Waals surface area contributed by atoms with Crippen LogP contribution in [0.5, 0.6) is 5.75 Å². The van der Waals surface area contributed by atoms with E-state index >= 15 is 0 Å². The molecule has 2 aliphatic rings. The monoisotopic (exact) mass is 775 g/mol. The molecule has 4 heterocycles. The molecule has 0 aliphatic carbocycles. The number of aromatic carboxylic acids is 1. The van der Waals surface area contributed by atoms with E-state index in [4.69, 9.17) is 30.9 Å². The van der Waals surface area contributed by atoms with Gasteiger partial charge >= 0.3 is 5.97 Å². The summed E-state index contributed by atoms with van der Waals surface area (Å²) in [6.45, 7) is 14.1. The van der Waals surface area contributed by atoms with Crippen LogP contribution in [0.4, 0.5) is 4.39 Å². The second-order valence-electron chi connectivity index (χ2n) is 14.1. The lowest BCUT2D eigenvalue weighted by atomic mass is 9.94. The van der Waals surface area contributed by atoms with Gasteiger partial charge in [-0.3, -0.25) is 9.58 Å². The van der Waals surface area contributed by atoms with Crippen molar-refractivity contribution in [2.45, 2.75) is 71.9 Å². The Balaban J connectivity index is 0.000000967. The van der Waals surface area contributed by atoms with Gasteiger partial charge in [0.25, 0.3) is 0 Å². The van der Waals surface area contributed by atoms with Gasteiger partial charge in [0.05, 0.1) is 36.1 Å². The van der Waals surface area contributed by atoms with Crippen molar-refractivity contribution < 1.29 is 28.5 Å². The fourth-order valence-corrected chi connectivity index (χ4v) is 8.24. The molecule has 5 aromatic rings.